The SMILES string of the molecule is CC1(C)CC(OS(=O)(=O)[O-])C(C)(C)N1[O]. The Kier molecular flexibility index (Phi) is 2.91. The summed E-state index contributed by atoms with van der Waals surface area (Å²) in [5.41, 5.74) is -1.74. The average molecular weight is 237 g/mol. The maximum atomic E-state index is 11.8. The molecule has 0 aliphatic carbocycles. The number of hydroxylamine groups is 2. The fraction of sp³-hybridized carbons (Fsp3) is 1.00. The molecule has 0 aromatic carbocycles. The fourth-order valence-corrected chi connectivity index (χ4v) is 2.58. The van der Waals surface area contributed by atoms with Gasteiger partial charge in [-0.25, -0.2) is 8.42 Å². The van der Waals surface area contributed by atoms with Gasteiger partial charge in [-0.3, -0.25) is 4.18 Å². The van der Waals surface area contributed by atoms with Crippen LogP contribution in [0.25, 0.3) is 0 Å². The third kappa shape index (κ3) is 2.48. The summed E-state index contributed by atoms with van der Waals surface area (Å²) >= 11 is 0. The van der Waals surface area contributed by atoms with Gasteiger partial charge in [-0.1, -0.05) is 0 Å². The van der Waals surface area contributed by atoms with E-state index in [4.69, 9.17) is 0 Å². The van der Waals surface area contributed by atoms with Gasteiger partial charge in [-0.2, -0.15) is 0 Å². The van der Waals surface area contributed by atoms with Crippen LogP contribution < -0.4 is 0 Å². The number of hydrogen-bond donors (Lipinski definition) is 0. The standard InChI is InChI=1S/C8H16NO5S/c1-7(2)5-6(14-15(11,12)13)8(3,4)9(7)10/h6H,5H2,1-4H3,(H,11,12,13)/p-1. The van der Waals surface area contributed by atoms with Crippen LogP contribution in [0.4, 0.5) is 0 Å². The monoisotopic (exact) mass is 237 g/mol. The first-order valence-corrected chi connectivity index (χ1v) is 5.92. The molecular weight excluding hydrogens is 222 g/mol. The molecule has 0 aromatic rings. The zero-order chi connectivity index (χ0) is 12.1. The lowest BCUT2D eigenvalue weighted by molar-refractivity contribution is -0.250. The second kappa shape index (κ2) is 3.39. The first-order chi connectivity index (χ1) is 6.47. The van der Waals surface area contributed by atoms with E-state index in [9.17, 15) is 18.2 Å². The van der Waals surface area contributed by atoms with Gasteiger partial charge in [-0.15, -0.1) is 10.3 Å². The van der Waals surface area contributed by atoms with E-state index >= 15 is 0 Å². The Morgan fingerprint density at radius 1 is 1.33 bits per heavy atom. The van der Waals surface area contributed by atoms with Crippen LogP contribution in [0.2, 0.25) is 0 Å². The molecule has 7 heteroatoms. The summed E-state index contributed by atoms with van der Waals surface area (Å²) in [6.07, 6.45) is -0.683. The van der Waals surface area contributed by atoms with Crippen LogP contribution in [-0.2, 0) is 19.8 Å². The molecule has 0 amide bonds. The van der Waals surface area contributed by atoms with E-state index in [1.165, 1.54) is 0 Å². The molecule has 0 aromatic heterocycles. The van der Waals surface area contributed by atoms with Gasteiger partial charge in [0.05, 0.1) is 11.6 Å². The average Bonchev–Trinajstić information content (AvgIpc) is 2.09. The Morgan fingerprint density at radius 2 is 1.80 bits per heavy atom. The van der Waals surface area contributed by atoms with Crippen LogP contribution in [0.3, 0.4) is 0 Å². The summed E-state index contributed by atoms with van der Waals surface area (Å²) < 4.78 is 35.9. The van der Waals surface area contributed by atoms with Crippen LogP contribution >= 0.6 is 0 Å². The Balaban J connectivity index is 2.95. The maximum absolute atomic E-state index is 11.8. The summed E-state index contributed by atoms with van der Waals surface area (Å²) in [6.45, 7) is 6.49. The van der Waals surface area contributed by atoms with Gasteiger partial charge in [0.2, 0.25) is 10.4 Å². The Bertz CT molecular complexity index is 348. The van der Waals surface area contributed by atoms with Crippen molar-refractivity contribution in [2.24, 2.45) is 0 Å². The van der Waals surface area contributed by atoms with E-state index in [0.717, 1.165) is 5.06 Å². The first-order valence-electron chi connectivity index (χ1n) is 4.58. The predicted octanol–water partition coefficient (Wildman–Crippen LogP) is 0.440. The van der Waals surface area contributed by atoms with Crippen LogP contribution in [0, 0.1) is 0 Å². The summed E-state index contributed by atoms with van der Waals surface area (Å²) in [4.78, 5) is 0. The molecule has 1 atom stereocenters. The van der Waals surface area contributed by atoms with E-state index in [0.29, 0.717) is 0 Å². The Labute approximate surface area is 89.7 Å². The van der Waals surface area contributed by atoms with Crippen LogP contribution in [0.5, 0.6) is 0 Å². The second-order valence-corrected chi connectivity index (χ2v) is 5.97. The number of hydrogen-bond acceptors (Lipinski definition) is 5. The summed E-state index contributed by atoms with van der Waals surface area (Å²) in [5, 5.41) is 12.6. The minimum atomic E-state index is -4.77. The van der Waals surface area contributed by atoms with Crippen LogP contribution in [0.1, 0.15) is 34.1 Å². The molecule has 1 saturated heterocycles. The highest BCUT2D eigenvalue weighted by Gasteiger charge is 2.54. The van der Waals surface area contributed by atoms with Crippen molar-refractivity contribution in [2.45, 2.75) is 51.3 Å². The molecule has 1 rings (SSSR count). The topological polar surface area (TPSA) is 89.6 Å². The third-order valence-electron chi connectivity index (χ3n) is 2.78. The lowest BCUT2D eigenvalue weighted by Gasteiger charge is -2.33. The minimum absolute atomic E-state index is 0.213. The van der Waals surface area contributed by atoms with Crippen molar-refractivity contribution in [1.29, 1.82) is 0 Å². The molecule has 1 aliphatic rings. The van der Waals surface area contributed by atoms with Crippen LogP contribution in [-0.4, -0.2) is 35.2 Å². The van der Waals surface area contributed by atoms with E-state index in [2.05, 4.69) is 4.18 Å². The van der Waals surface area contributed by atoms with Gasteiger partial charge in [0, 0.05) is 5.54 Å². The first kappa shape index (κ1) is 12.9. The minimum Gasteiger partial charge on any atom is -0.726 e. The quantitative estimate of drug-likeness (QED) is 0.513. The predicted molar refractivity (Wildman–Crippen MR) is 49.9 cm³/mol. The molecule has 0 saturated carbocycles. The normalized spacial score (nSPS) is 30.7. The molecule has 0 bridgehead atoms. The third-order valence-corrected chi connectivity index (χ3v) is 3.25. The van der Waals surface area contributed by atoms with E-state index in [-0.39, 0.29) is 6.42 Å². The number of rotatable bonds is 2. The van der Waals surface area contributed by atoms with Crippen molar-refractivity contribution in [3.05, 3.63) is 0 Å². The van der Waals surface area contributed by atoms with Gasteiger partial charge >= 0.3 is 0 Å². The van der Waals surface area contributed by atoms with Gasteiger partial charge in [0.15, 0.2) is 0 Å². The smallest absolute Gasteiger partial charge is 0.217 e. The highest BCUT2D eigenvalue weighted by molar-refractivity contribution is 7.80. The van der Waals surface area contributed by atoms with E-state index in [1.54, 1.807) is 27.7 Å². The lowest BCUT2D eigenvalue weighted by Crippen LogP contribution is -2.48. The zero-order valence-electron chi connectivity index (χ0n) is 9.18. The van der Waals surface area contributed by atoms with Gasteiger partial charge in [0.1, 0.15) is 0 Å². The van der Waals surface area contributed by atoms with Crippen molar-refractivity contribution >= 4 is 10.4 Å². The van der Waals surface area contributed by atoms with Crippen molar-refractivity contribution in [2.75, 3.05) is 0 Å². The van der Waals surface area contributed by atoms with E-state index in [1.807, 2.05) is 0 Å². The lowest BCUT2D eigenvalue weighted by atomic mass is 9.97. The fourth-order valence-electron chi connectivity index (χ4n) is 1.99. The molecule has 1 unspecified atom stereocenters. The maximum Gasteiger partial charge on any atom is 0.217 e. The van der Waals surface area contributed by atoms with Crippen LogP contribution in [0.15, 0.2) is 0 Å². The molecule has 1 radical (unpaired) electrons. The van der Waals surface area contributed by atoms with Crippen molar-refractivity contribution < 1.29 is 22.4 Å². The molecule has 89 valence electrons. The summed E-state index contributed by atoms with van der Waals surface area (Å²) in [6, 6.07) is 0. The molecule has 1 heterocycles. The highest BCUT2D eigenvalue weighted by Crippen LogP contribution is 2.41. The molecule has 6 nitrogen and oxygen atoms in total. The molecular formula is C8H15NO5S-. The summed E-state index contributed by atoms with van der Waals surface area (Å²) in [7, 11) is -4.77. The molecule has 15 heavy (non-hydrogen) atoms. The molecule has 1 aliphatic heterocycles. The summed E-state index contributed by atoms with van der Waals surface area (Å²) in [5.74, 6) is 0. The highest BCUT2D eigenvalue weighted by atomic mass is 32.3. The van der Waals surface area contributed by atoms with Gasteiger partial charge in [-0.05, 0) is 34.1 Å². The Hall–Kier alpha value is -0.210. The molecule has 0 N–H and O–H groups in total. The zero-order valence-corrected chi connectivity index (χ0v) is 10.00. The van der Waals surface area contributed by atoms with Crippen molar-refractivity contribution in [3.63, 3.8) is 0 Å². The second-order valence-electron chi connectivity index (χ2n) is 4.96. The van der Waals surface area contributed by atoms with Gasteiger partial charge < -0.3 is 4.55 Å². The van der Waals surface area contributed by atoms with Crippen molar-refractivity contribution in [1.82, 2.24) is 5.06 Å². The van der Waals surface area contributed by atoms with Gasteiger partial charge in [0.25, 0.3) is 0 Å². The molecule has 1 fully saturated rings. The largest absolute Gasteiger partial charge is 0.726 e. The Morgan fingerprint density at radius 3 is 2.07 bits per heavy atom. The van der Waals surface area contributed by atoms with Crippen molar-refractivity contribution in [3.8, 4) is 0 Å². The van der Waals surface area contributed by atoms with E-state index < -0.39 is 27.6 Å². The molecule has 0 spiro atoms. The number of nitrogens with zero attached hydrogens (tertiary/aromatic N) is 1.